The van der Waals surface area contributed by atoms with E-state index in [9.17, 15) is 0 Å². The van der Waals surface area contributed by atoms with Crippen LogP contribution in [0.5, 0.6) is 0 Å². The van der Waals surface area contributed by atoms with Crippen molar-refractivity contribution < 1.29 is 4.57 Å². The predicted molar refractivity (Wildman–Crippen MR) is 99.8 cm³/mol. The molecule has 0 amide bonds. The Morgan fingerprint density at radius 1 is 1.04 bits per heavy atom. The Bertz CT molecular complexity index is 977. The first kappa shape index (κ1) is 16.2. The molecule has 0 aliphatic carbocycles. The molecule has 120 valence electrons. The van der Waals surface area contributed by atoms with Crippen LogP contribution in [-0.2, 0) is 7.05 Å². The topological polar surface area (TPSA) is 8.24 Å². The molecule has 0 aliphatic heterocycles. The van der Waals surface area contributed by atoms with E-state index in [0.717, 1.165) is 5.56 Å². The Balaban J connectivity index is 2.33. The number of benzene rings is 2. The molecule has 0 saturated carbocycles. The number of pyridine rings is 1. The van der Waals surface area contributed by atoms with Crippen LogP contribution in [-0.4, -0.2) is 0 Å². The Kier molecular flexibility index (Phi) is 4.11. The lowest BCUT2D eigenvalue weighted by molar-refractivity contribution is -0.659. The average Bonchev–Trinajstić information content (AvgIpc) is 2.57. The minimum absolute atomic E-state index is 0.102. The molecule has 0 fully saturated rings. The maximum absolute atomic E-state index is 7.26. The third kappa shape index (κ3) is 2.67. The summed E-state index contributed by atoms with van der Waals surface area (Å²) in [5, 5.41) is 2.42. The van der Waals surface area contributed by atoms with Crippen LogP contribution in [0.15, 0.2) is 42.6 Å². The molecule has 2 heteroatoms. The highest BCUT2D eigenvalue weighted by Gasteiger charge is 2.19. The molecule has 24 heavy (non-hydrogen) atoms. The molecular formula is C22H23N2+. The van der Waals surface area contributed by atoms with Crippen molar-refractivity contribution in [1.29, 1.82) is 0 Å². The molecule has 0 aliphatic rings. The Morgan fingerprint density at radius 2 is 1.79 bits per heavy atom. The van der Waals surface area contributed by atoms with Crippen molar-refractivity contribution >= 4 is 10.8 Å². The van der Waals surface area contributed by atoms with Crippen molar-refractivity contribution in [1.82, 2.24) is 0 Å². The Hall–Kier alpha value is -2.66. The van der Waals surface area contributed by atoms with E-state index in [4.69, 9.17) is 6.57 Å². The monoisotopic (exact) mass is 315 g/mol. The number of hydrogen-bond donors (Lipinski definition) is 0. The maximum atomic E-state index is 7.26. The van der Waals surface area contributed by atoms with E-state index in [1.165, 1.54) is 38.7 Å². The maximum Gasteiger partial charge on any atom is 0.246 e. The van der Waals surface area contributed by atoms with E-state index < -0.39 is 0 Å². The SMILES string of the molecule is [C-]#[N+]C(C)c1ccc2c(-c3cc(C)cc(C)c3C)[n+](C)ccc2c1. The Morgan fingerprint density at radius 3 is 2.50 bits per heavy atom. The number of rotatable bonds is 2. The minimum Gasteiger partial charge on any atom is -0.309 e. The third-order valence-corrected chi connectivity index (χ3v) is 4.90. The van der Waals surface area contributed by atoms with Gasteiger partial charge in [0.1, 0.15) is 7.05 Å². The number of nitrogens with zero attached hydrogens (tertiary/aromatic N) is 2. The summed E-state index contributed by atoms with van der Waals surface area (Å²) in [6.45, 7) is 15.7. The lowest BCUT2D eigenvalue weighted by Crippen LogP contribution is -2.30. The summed E-state index contributed by atoms with van der Waals surface area (Å²) in [4.78, 5) is 3.65. The lowest BCUT2D eigenvalue weighted by Gasteiger charge is -2.12. The molecule has 0 bridgehead atoms. The summed E-state index contributed by atoms with van der Waals surface area (Å²) in [5.74, 6) is 0. The highest BCUT2D eigenvalue weighted by atomic mass is 14.9. The van der Waals surface area contributed by atoms with Gasteiger partial charge in [0, 0.05) is 18.6 Å². The molecule has 0 radical (unpaired) electrons. The van der Waals surface area contributed by atoms with Crippen molar-refractivity contribution in [2.24, 2.45) is 7.05 Å². The molecule has 2 nitrogen and oxygen atoms in total. The van der Waals surface area contributed by atoms with Crippen LogP contribution >= 0.6 is 0 Å². The third-order valence-electron chi connectivity index (χ3n) is 4.90. The second-order valence-electron chi connectivity index (χ2n) is 6.68. The smallest absolute Gasteiger partial charge is 0.246 e. The van der Waals surface area contributed by atoms with Gasteiger partial charge < -0.3 is 4.85 Å². The zero-order valence-corrected chi connectivity index (χ0v) is 15.0. The van der Waals surface area contributed by atoms with Gasteiger partial charge in [-0.05, 0) is 55.5 Å². The largest absolute Gasteiger partial charge is 0.309 e. The first-order valence-corrected chi connectivity index (χ1v) is 8.29. The Labute approximate surface area is 144 Å². The van der Waals surface area contributed by atoms with Gasteiger partial charge in [0.2, 0.25) is 11.7 Å². The van der Waals surface area contributed by atoms with E-state index in [1.54, 1.807) is 0 Å². The number of aryl methyl sites for hydroxylation is 3. The summed E-state index contributed by atoms with van der Waals surface area (Å²) < 4.78 is 2.20. The molecule has 1 unspecified atom stereocenters. The molecular weight excluding hydrogens is 292 g/mol. The van der Waals surface area contributed by atoms with Gasteiger partial charge in [0.05, 0.1) is 10.9 Å². The van der Waals surface area contributed by atoms with Gasteiger partial charge in [-0.3, -0.25) is 0 Å². The van der Waals surface area contributed by atoms with E-state index >= 15 is 0 Å². The summed E-state index contributed by atoms with van der Waals surface area (Å²) >= 11 is 0. The van der Waals surface area contributed by atoms with E-state index in [-0.39, 0.29) is 6.04 Å². The summed E-state index contributed by atoms with van der Waals surface area (Å²) in [7, 11) is 2.10. The van der Waals surface area contributed by atoms with Crippen LogP contribution in [0.1, 0.15) is 35.2 Å². The second kappa shape index (κ2) is 6.09. The first-order valence-electron chi connectivity index (χ1n) is 8.29. The molecule has 1 heterocycles. The minimum atomic E-state index is -0.102. The van der Waals surface area contributed by atoms with E-state index in [2.05, 4.69) is 79.8 Å². The standard InChI is InChI=1S/C22H23N2/c1-14-11-15(2)16(3)21(12-14)22-20-8-7-18(17(4)23-5)13-19(20)9-10-24(22)6/h7-13,17H,1-4,6H3/q+1. The molecule has 0 saturated heterocycles. The number of aromatic nitrogens is 1. The fourth-order valence-corrected chi connectivity index (χ4v) is 3.35. The summed E-state index contributed by atoms with van der Waals surface area (Å²) in [5.41, 5.74) is 7.52. The predicted octanol–water partition coefficient (Wildman–Crippen LogP) is 5.24. The lowest BCUT2D eigenvalue weighted by atomic mass is 9.93. The molecule has 3 rings (SSSR count). The molecule has 1 aromatic heterocycles. The van der Waals surface area contributed by atoms with Gasteiger partial charge in [-0.2, -0.15) is 0 Å². The fourth-order valence-electron chi connectivity index (χ4n) is 3.35. The van der Waals surface area contributed by atoms with E-state index in [0.29, 0.717) is 0 Å². The van der Waals surface area contributed by atoms with Gasteiger partial charge in [-0.1, -0.05) is 17.7 Å². The van der Waals surface area contributed by atoms with Crippen LogP contribution in [0.2, 0.25) is 0 Å². The van der Waals surface area contributed by atoms with Crippen LogP contribution in [0.3, 0.4) is 0 Å². The second-order valence-corrected chi connectivity index (χ2v) is 6.68. The van der Waals surface area contributed by atoms with Crippen molar-refractivity contribution in [3.63, 3.8) is 0 Å². The number of hydrogen-bond acceptors (Lipinski definition) is 0. The van der Waals surface area contributed by atoms with Gasteiger partial charge >= 0.3 is 0 Å². The van der Waals surface area contributed by atoms with Crippen molar-refractivity contribution in [2.45, 2.75) is 33.7 Å². The van der Waals surface area contributed by atoms with E-state index in [1.807, 2.05) is 6.92 Å². The van der Waals surface area contributed by atoms with Crippen LogP contribution in [0, 0.1) is 27.3 Å². The van der Waals surface area contributed by atoms with Crippen molar-refractivity contribution in [3.8, 4) is 11.3 Å². The molecule has 0 spiro atoms. The summed E-state index contributed by atoms with van der Waals surface area (Å²) in [6.07, 6.45) is 2.11. The number of fused-ring (bicyclic) bond motifs is 1. The van der Waals surface area contributed by atoms with Gasteiger partial charge in [-0.25, -0.2) is 11.1 Å². The average molecular weight is 315 g/mol. The molecule has 2 aromatic carbocycles. The zero-order chi connectivity index (χ0) is 17.4. The van der Waals surface area contributed by atoms with Gasteiger partial charge in [0.15, 0.2) is 6.20 Å². The molecule has 0 N–H and O–H groups in total. The highest BCUT2D eigenvalue weighted by molar-refractivity contribution is 5.94. The first-order chi connectivity index (χ1) is 11.4. The van der Waals surface area contributed by atoms with Crippen molar-refractivity contribution in [2.75, 3.05) is 0 Å². The van der Waals surface area contributed by atoms with Crippen LogP contribution in [0.25, 0.3) is 26.9 Å². The van der Waals surface area contributed by atoms with Crippen molar-refractivity contribution in [3.05, 3.63) is 76.3 Å². The molecule has 1 atom stereocenters. The normalized spacial score (nSPS) is 12.2. The quantitative estimate of drug-likeness (QED) is 0.452. The summed E-state index contributed by atoms with van der Waals surface area (Å²) in [6, 6.07) is 12.9. The zero-order valence-electron chi connectivity index (χ0n) is 15.0. The van der Waals surface area contributed by atoms with Gasteiger partial charge in [-0.15, -0.1) is 0 Å². The fraction of sp³-hybridized carbons (Fsp3) is 0.273. The molecule has 3 aromatic rings. The van der Waals surface area contributed by atoms with Crippen LogP contribution < -0.4 is 4.57 Å². The van der Waals surface area contributed by atoms with Crippen LogP contribution in [0.4, 0.5) is 0 Å². The highest BCUT2D eigenvalue weighted by Crippen LogP contribution is 2.31. The van der Waals surface area contributed by atoms with Gasteiger partial charge in [0.25, 0.3) is 0 Å².